The van der Waals surface area contributed by atoms with Gasteiger partial charge in [0.25, 0.3) is 5.91 Å². The van der Waals surface area contributed by atoms with E-state index in [0.717, 1.165) is 0 Å². The molecule has 2 aromatic rings. The molecule has 0 atom stereocenters. The van der Waals surface area contributed by atoms with Crippen molar-refractivity contribution < 1.29 is 18.7 Å². The van der Waals surface area contributed by atoms with Crippen LogP contribution in [-0.4, -0.2) is 34.4 Å². The first-order chi connectivity index (χ1) is 11.2. The Labute approximate surface area is 145 Å². The summed E-state index contributed by atoms with van der Waals surface area (Å²) in [4.78, 5) is 30.0. The van der Waals surface area contributed by atoms with E-state index in [0.29, 0.717) is 10.6 Å². The second-order valence-corrected chi connectivity index (χ2v) is 6.62. The molecule has 0 radical (unpaired) electrons. The van der Waals surface area contributed by atoms with Crippen molar-refractivity contribution in [2.45, 2.75) is 32.9 Å². The van der Waals surface area contributed by atoms with Crippen molar-refractivity contribution in [2.24, 2.45) is 0 Å². The minimum Gasteiger partial charge on any atom is -0.464 e. The summed E-state index contributed by atoms with van der Waals surface area (Å²) in [5, 5.41) is 0.560. The monoisotopic (exact) mass is 350 g/mol. The fourth-order valence-corrected chi connectivity index (χ4v) is 2.20. The lowest BCUT2D eigenvalue weighted by atomic mass is 10.0. The number of aromatic nitrogens is 1. The van der Waals surface area contributed by atoms with E-state index in [-0.39, 0.29) is 24.0 Å². The van der Waals surface area contributed by atoms with Gasteiger partial charge in [0.05, 0.1) is 13.7 Å². The van der Waals surface area contributed by atoms with E-state index in [1.807, 2.05) is 20.8 Å². The molecule has 1 aromatic carbocycles. The molecular formula is C17H19ClN2O4. The lowest BCUT2D eigenvalue weighted by Crippen LogP contribution is -2.45. The van der Waals surface area contributed by atoms with Gasteiger partial charge in [-0.15, -0.1) is 0 Å². The Hall–Kier alpha value is -2.34. The predicted octanol–water partition coefficient (Wildman–Crippen LogP) is 3.56. The zero-order chi connectivity index (χ0) is 17.9. The fraction of sp³-hybridized carbons (Fsp3) is 0.353. The molecule has 0 saturated carbocycles. The van der Waals surface area contributed by atoms with Gasteiger partial charge in [-0.2, -0.15) is 0 Å². The first kappa shape index (κ1) is 18.0. The Kier molecular flexibility index (Phi) is 5.29. The maximum absolute atomic E-state index is 12.8. The van der Waals surface area contributed by atoms with Crippen molar-refractivity contribution in [2.75, 3.05) is 7.11 Å². The highest BCUT2D eigenvalue weighted by molar-refractivity contribution is 6.30. The number of rotatable bonds is 4. The third-order valence-electron chi connectivity index (χ3n) is 3.39. The van der Waals surface area contributed by atoms with E-state index in [1.165, 1.54) is 13.4 Å². The summed E-state index contributed by atoms with van der Waals surface area (Å²) in [6.45, 7) is 5.85. The maximum Gasteiger partial charge on any atom is 0.360 e. The number of esters is 1. The summed E-state index contributed by atoms with van der Waals surface area (Å²) in [6.07, 6.45) is 1.22. The van der Waals surface area contributed by atoms with Gasteiger partial charge in [-0.3, -0.25) is 4.79 Å². The first-order valence-electron chi connectivity index (χ1n) is 7.32. The van der Waals surface area contributed by atoms with Crippen molar-refractivity contribution in [1.82, 2.24) is 9.88 Å². The molecule has 0 bridgehead atoms. The zero-order valence-electron chi connectivity index (χ0n) is 14.0. The van der Waals surface area contributed by atoms with Crippen LogP contribution in [0, 0.1) is 0 Å². The number of carbonyl (C=O) groups is 2. The van der Waals surface area contributed by atoms with Crippen molar-refractivity contribution in [3.63, 3.8) is 0 Å². The molecule has 0 saturated heterocycles. The third-order valence-corrected chi connectivity index (χ3v) is 3.64. The molecule has 2 rings (SSSR count). The van der Waals surface area contributed by atoms with E-state index in [4.69, 9.17) is 16.0 Å². The zero-order valence-corrected chi connectivity index (χ0v) is 14.8. The first-order valence-corrected chi connectivity index (χ1v) is 7.70. The van der Waals surface area contributed by atoms with Crippen molar-refractivity contribution in [3.8, 4) is 0 Å². The van der Waals surface area contributed by atoms with Crippen LogP contribution in [0.4, 0.5) is 0 Å². The van der Waals surface area contributed by atoms with Crippen LogP contribution in [-0.2, 0) is 11.3 Å². The normalized spacial score (nSPS) is 11.2. The standard InChI is InChI=1S/C17H19ClN2O4/c1-17(2,3)20(15(21)11-5-7-12(18)8-6-11)9-14-19-13(10-24-14)16(22)23-4/h5-8,10H,9H2,1-4H3. The highest BCUT2D eigenvalue weighted by atomic mass is 35.5. The van der Waals surface area contributed by atoms with Crippen LogP contribution in [0.15, 0.2) is 34.9 Å². The molecule has 0 unspecified atom stereocenters. The molecule has 0 spiro atoms. The van der Waals surface area contributed by atoms with Gasteiger partial charge >= 0.3 is 5.97 Å². The Morgan fingerprint density at radius 1 is 1.25 bits per heavy atom. The largest absolute Gasteiger partial charge is 0.464 e. The molecular weight excluding hydrogens is 332 g/mol. The third kappa shape index (κ3) is 4.14. The molecule has 128 valence electrons. The topological polar surface area (TPSA) is 72.6 Å². The number of ether oxygens (including phenoxy) is 1. The number of amides is 1. The average molecular weight is 351 g/mol. The lowest BCUT2D eigenvalue weighted by molar-refractivity contribution is 0.0532. The van der Waals surface area contributed by atoms with Gasteiger partial charge in [0, 0.05) is 16.1 Å². The molecule has 24 heavy (non-hydrogen) atoms. The van der Waals surface area contributed by atoms with E-state index < -0.39 is 11.5 Å². The number of oxazole rings is 1. The van der Waals surface area contributed by atoms with E-state index >= 15 is 0 Å². The van der Waals surface area contributed by atoms with Crippen LogP contribution in [0.2, 0.25) is 5.02 Å². The Morgan fingerprint density at radius 3 is 2.42 bits per heavy atom. The maximum atomic E-state index is 12.8. The van der Waals surface area contributed by atoms with Crippen LogP contribution in [0.25, 0.3) is 0 Å². The van der Waals surface area contributed by atoms with E-state index in [9.17, 15) is 9.59 Å². The molecule has 1 amide bonds. The summed E-state index contributed by atoms with van der Waals surface area (Å²) in [5.41, 5.74) is 0.103. The number of hydrogen-bond acceptors (Lipinski definition) is 5. The highest BCUT2D eigenvalue weighted by Gasteiger charge is 2.29. The molecule has 0 fully saturated rings. The lowest BCUT2D eigenvalue weighted by Gasteiger charge is -2.34. The van der Waals surface area contributed by atoms with Gasteiger partial charge in [-0.25, -0.2) is 9.78 Å². The van der Waals surface area contributed by atoms with Crippen molar-refractivity contribution >= 4 is 23.5 Å². The number of halogens is 1. The molecule has 6 nitrogen and oxygen atoms in total. The van der Waals surface area contributed by atoms with Crippen LogP contribution < -0.4 is 0 Å². The van der Waals surface area contributed by atoms with Gasteiger partial charge in [-0.1, -0.05) is 11.6 Å². The van der Waals surface area contributed by atoms with Gasteiger partial charge in [0.2, 0.25) is 5.89 Å². The quantitative estimate of drug-likeness (QED) is 0.788. The predicted molar refractivity (Wildman–Crippen MR) is 88.9 cm³/mol. The van der Waals surface area contributed by atoms with Gasteiger partial charge in [0.1, 0.15) is 6.26 Å². The number of hydrogen-bond donors (Lipinski definition) is 0. The average Bonchev–Trinajstić information content (AvgIpc) is 2.99. The van der Waals surface area contributed by atoms with E-state index in [1.54, 1.807) is 29.2 Å². The summed E-state index contributed by atoms with van der Waals surface area (Å²) >= 11 is 5.87. The van der Waals surface area contributed by atoms with E-state index in [2.05, 4.69) is 9.72 Å². The SMILES string of the molecule is COC(=O)c1coc(CN(C(=O)c2ccc(Cl)cc2)C(C)(C)C)n1. The Balaban J connectivity index is 2.26. The molecule has 1 aromatic heterocycles. The molecule has 0 aliphatic heterocycles. The van der Waals surface area contributed by atoms with Gasteiger partial charge in [-0.05, 0) is 45.0 Å². The van der Waals surface area contributed by atoms with Gasteiger partial charge < -0.3 is 14.1 Å². The summed E-state index contributed by atoms with van der Waals surface area (Å²) in [5.74, 6) is -0.513. The smallest absolute Gasteiger partial charge is 0.360 e. The van der Waals surface area contributed by atoms with Crippen molar-refractivity contribution in [1.29, 1.82) is 0 Å². The number of methoxy groups -OCH3 is 1. The Bertz CT molecular complexity index is 732. The van der Waals surface area contributed by atoms with Crippen LogP contribution in [0.3, 0.4) is 0 Å². The molecule has 7 heteroatoms. The second kappa shape index (κ2) is 7.05. The molecule has 1 heterocycles. The van der Waals surface area contributed by atoms with Crippen molar-refractivity contribution in [3.05, 3.63) is 52.7 Å². The summed E-state index contributed by atoms with van der Waals surface area (Å²) < 4.78 is 9.89. The molecule has 0 aliphatic rings. The minimum atomic E-state index is -0.587. The van der Waals surface area contributed by atoms with Crippen LogP contribution in [0.1, 0.15) is 47.5 Å². The Morgan fingerprint density at radius 2 is 1.88 bits per heavy atom. The van der Waals surface area contributed by atoms with Crippen LogP contribution in [0.5, 0.6) is 0 Å². The minimum absolute atomic E-state index is 0.0697. The van der Waals surface area contributed by atoms with Crippen LogP contribution >= 0.6 is 11.6 Å². The number of benzene rings is 1. The second-order valence-electron chi connectivity index (χ2n) is 6.19. The summed E-state index contributed by atoms with van der Waals surface area (Å²) in [7, 11) is 1.27. The van der Waals surface area contributed by atoms with Gasteiger partial charge in [0.15, 0.2) is 5.69 Å². The summed E-state index contributed by atoms with van der Waals surface area (Å²) in [6, 6.07) is 6.66. The molecule has 0 aliphatic carbocycles. The highest BCUT2D eigenvalue weighted by Crippen LogP contribution is 2.21. The molecule has 0 N–H and O–H groups in total. The number of carbonyl (C=O) groups excluding carboxylic acids is 2. The number of nitrogens with zero attached hydrogens (tertiary/aromatic N) is 2. The fourth-order valence-electron chi connectivity index (χ4n) is 2.08.